The highest BCUT2D eigenvalue weighted by Gasteiger charge is 2.21. The molecule has 0 atom stereocenters. The lowest BCUT2D eigenvalue weighted by atomic mass is 10.0. The van der Waals surface area contributed by atoms with Crippen LogP contribution >= 0.6 is 0 Å². The predicted molar refractivity (Wildman–Crippen MR) is 120 cm³/mol. The number of nitrogens with zero attached hydrogens (tertiary/aromatic N) is 3. The first-order chi connectivity index (χ1) is 16.2. The number of sulfonamides is 1. The first kappa shape index (κ1) is 23.4. The van der Waals surface area contributed by atoms with Gasteiger partial charge in [-0.2, -0.15) is 4.39 Å². The molecule has 4 rings (SSSR count). The average Bonchev–Trinajstić information content (AvgIpc) is 2.79. The molecular formula is C22H17F4N5O2S. The summed E-state index contributed by atoms with van der Waals surface area (Å²) in [5.41, 5.74) is -1.44. The number of aromatic nitrogens is 3. The zero-order chi connectivity index (χ0) is 24.5. The lowest BCUT2D eigenvalue weighted by Crippen LogP contribution is -2.17. The Balaban J connectivity index is 1.82. The third-order valence-electron chi connectivity index (χ3n) is 4.86. The molecule has 0 saturated carbocycles. The van der Waals surface area contributed by atoms with Gasteiger partial charge in [0.15, 0.2) is 5.82 Å². The number of fused-ring (bicyclic) bond motifs is 1. The Morgan fingerprint density at radius 2 is 1.71 bits per heavy atom. The molecule has 12 heteroatoms. The molecule has 0 spiro atoms. The highest BCUT2D eigenvalue weighted by Crippen LogP contribution is 2.35. The van der Waals surface area contributed by atoms with E-state index in [1.165, 1.54) is 30.5 Å². The van der Waals surface area contributed by atoms with Crippen molar-refractivity contribution >= 4 is 38.1 Å². The molecule has 0 fully saturated rings. The number of rotatable bonds is 7. The second-order valence-corrected chi connectivity index (χ2v) is 9.06. The maximum absolute atomic E-state index is 15.5. The van der Waals surface area contributed by atoms with Crippen molar-refractivity contribution in [1.82, 2.24) is 15.0 Å². The summed E-state index contributed by atoms with van der Waals surface area (Å²) in [4.78, 5) is 11.4. The Hall–Kier alpha value is -3.80. The second kappa shape index (κ2) is 9.21. The molecule has 0 aliphatic carbocycles. The molecule has 34 heavy (non-hydrogen) atoms. The van der Waals surface area contributed by atoms with Crippen LogP contribution in [0.2, 0.25) is 0 Å². The SMILES string of the molecule is CCCS(=O)(=O)Nc1ccc(F)c(Nc2ncnc3ccc(-c4cccnc4F)c(F)c23)c1F. The van der Waals surface area contributed by atoms with Gasteiger partial charge >= 0.3 is 0 Å². The normalized spacial score (nSPS) is 11.6. The number of hydrogen-bond acceptors (Lipinski definition) is 6. The van der Waals surface area contributed by atoms with E-state index < -0.39 is 44.8 Å². The Morgan fingerprint density at radius 1 is 0.912 bits per heavy atom. The van der Waals surface area contributed by atoms with Crippen LogP contribution in [0.4, 0.5) is 34.8 Å². The molecule has 0 aliphatic rings. The summed E-state index contributed by atoms with van der Waals surface area (Å²) in [7, 11) is -3.86. The first-order valence-corrected chi connectivity index (χ1v) is 11.7. The van der Waals surface area contributed by atoms with Crippen LogP contribution in [0, 0.1) is 23.4 Å². The zero-order valence-electron chi connectivity index (χ0n) is 17.6. The first-order valence-electron chi connectivity index (χ1n) is 10.0. The number of nitrogens with one attached hydrogen (secondary N) is 2. The van der Waals surface area contributed by atoms with Gasteiger partial charge in [-0.05, 0) is 42.8 Å². The van der Waals surface area contributed by atoms with Crippen molar-refractivity contribution in [2.45, 2.75) is 13.3 Å². The topological polar surface area (TPSA) is 96.9 Å². The van der Waals surface area contributed by atoms with Gasteiger partial charge in [0.1, 0.15) is 29.5 Å². The summed E-state index contributed by atoms with van der Waals surface area (Å²) in [5.74, 6) is -4.73. The van der Waals surface area contributed by atoms with Crippen molar-refractivity contribution in [3.63, 3.8) is 0 Å². The van der Waals surface area contributed by atoms with Crippen LogP contribution in [0.3, 0.4) is 0 Å². The summed E-state index contributed by atoms with van der Waals surface area (Å²) < 4.78 is 85.4. The van der Waals surface area contributed by atoms with E-state index in [1.807, 2.05) is 0 Å². The van der Waals surface area contributed by atoms with Crippen LogP contribution in [0.15, 0.2) is 48.9 Å². The molecule has 2 aromatic heterocycles. The van der Waals surface area contributed by atoms with Crippen LogP contribution in [0.5, 0.6) is 0 Å². The number of hydrogen-bond donors (Lipinski definition) is 2. The summed E-state index contributed by atoms with van der Waals surface area (Å²) in [6.45, 7) is 1.63. The minimum absolute atomic E-state index is 0.0867. The van der Waals surface area contributed by atoms with E-state index >= 15 is 8.78 Å². The van der Waals surface area contributed by atoms with E-state index in [2.05, 4.69) is 25.0 Å². The van der Waals surface area contributed by atoms with Gasteiger partial charge in [-0.25, -0.2) is 36.5 Å². The fraction of sp³-hybridized carbons (Fsp3) is 0.136. The largest absolute Gasteiger partial charge is 0.335 e. The van der Waals surface area contributed by atoms with Crippen molar-refractivity contribution in [2.24, 2.45) is 0 Å². The van der Waals surface area contributed by atoms with Crippen molar-refractivity contribution in [1.29, 1.82) is 0 Å². The molecule has 0 radical (unpaired) electrons. The van der Waals surface area contributed by atoms with Crippen molar-refractivity contribution < 1.29 is 26.0 Å². The molecule has 0 bridgehead atoms. The van der Waals surface area contributed by atoms with E-state index in [1.54, 1.807) is 6.92 Å². The van der Waals surface area contributed by atoms with E-state index in [-0.39, 0.29) is 40.0 Å². The molecule has 0 amide bonds. The summed E-state index contributed by atoms with van der Waals surface area (Å²) in [6.07, 6.45) is 2.55. The molecule has 0 saturated heterocycles. The standard InChI is InChI=1S/C22H17F4N5O2S/c1-2-10-34(32,33)31-16-8-6-14(23)20(19(16)25)30-22-17-15(28-11-29-22)7-5-12(18(17)24)13-4-3-9-27-21(13)26/h3-9,11,31H,2,10H2,1H3,(H,28,29,30). The van der Waals surface area contributed by atoms with E-state index in [0.717, 1.165) is 18.5 Å². The van der Waals surface area contributed by atoms with Crippen LogP contribution in [-0.2, 0) is 10.0 Å². The van der Waals surface area contributed by atoms with Gasteiger partial charge in [-0.3, -0.25) is 4.72 Å². The second-order valence-electron chi connectivity index (χ2n) is 7.22. The fourth-order valence-corrected chi connectivity index (χ4v) is 4.49. The van der Waals surface area contributed by atoms with E-state index in [0.29, 0.717) is 0 Å². The summed E-state index contributed by atoms with van der Waals surface area (Å²) in [6, 6.07) is 7.25. The molecule has 4 aromatic rings. The Labute approximate surface area is 192 Å². The molecule has 7 nitrogen and oxygen atoms in total. The van der Waals surface area contributed by atoms with Crippen molar-refractivity contribution in [3.05, 3.63) is 72.3 Å². The fourth-order valence-electron chi connectivity index (χ4n) is 3.35. The molecule has 2 N–H and O–H groups in total. The third-order valence-corrected chi connectivity index (χ3v) is 6.34. The highest BCUT2D eigenvalue weighted by molar-refractivity contribution is 7.92. The minimum Gasteiger partial charge on any atom is -0.335 e. The van der Waals surface area contributed by atoms with Gasteiger partial charge in [0.2, 0.25) is 16.0 Å². The van der Waals surface area contributed by atoms with Gasteiger partial charge in [0.25, 0.3) is 0 Å². The molecule has 0 aliphatic heterocycles. The van der Waals surface area contributed by atoms with E-state index in [9.17, 15) is 17.2 Å². The van der Waals surface area contributed by atoms with Crippen LogP contribution in [0.1, 0.15) is 13.3 Å². The number of benzene rings is 2. The molecule has 0 unspecified atom stereocenters. The maximum Gasteiger partial charge on any atom is 0.232 e. The lowest BCUT2D eigenvalue weighted by Gasteiger charge is -2.15. The van der Waals surface area contributed by atoms with Crippen LogP contribution in [-0.4, -0.2) is 29.1 Å². The molecule has 2 heterocycles. The number of halogens is 4. The lowest BCUT2D eigenvalue weighted by molar-refractivity contribution is 0.584. The maximum atomic E-state index is 15.5. The van der Waals surface area contributed by atoms with Crippen molar-refractivity contribution in [3.8, 4) is 11.1 Å². The zero-order valence-corrected chi connectivity index (χ0v) is 18.4. The van der Waals surface area contributed by atoms with Gasteiger partial charge < -0.3 is 5.32 Å². The molecule has 176 valence electrons. The number of pyridine rings is 1. The smallest absolute Gasteiger partial charge is 0.232 e. The van der Waals surface area contributed by atoms with Gasteiger partial charge in [-0.1, -0.05) is 6.92 Å². The summed E-state index contributed by atoms with van der Waals surface area (Å²) in [5, 5.41) is 2.14. The third kappa shape index (κ3) is 4.49. The van der Waals surface area contributed by atoms with Gasteiger partial charge in [0, 0.05) is 17.3 Å². The van der Waals surface area contributed by atoms with Crippen LogP contribution in [0.25, 0.3) is 22.0 Å². The Morgan fingerprint density at radius 3 is 2.44 bits per heavy atom. The van der Waals surface area contributed by atoms with E-state index in [4.69, 9.17) is 0 Å². The minimum atomic E-state index is -3.86. The van der Waals surface area contributed by atoms with Crippen molar-refractivity contribution in [2.75, 3.05) is 15.8 Å². The molecular weight excluding hydrogens is 474 g/mol. The number of anilines is 3. The van der Waals surface area contributed by atoms with Crippen LogP contribution < -0.4 is 10.0 Å². The van der Waals surface area contributed by atoms with Gasteiger partial charge in [0.05, 0.1) is 22.3 Å². The van der Waals surface area contributed by atoms with Gasteiger partial charge in [-0.15, -0.1) is 0 Å². The quantitative estimate of drug-likeness (QED) is 0.274. The highest BCUT2D eigenvalue weighted by atomic mass is 32.2. The molecule has 2 aromatic carbocycles. The Bertz CT molecular complexity index is 1500. The summed E-state index contributed by atoms with van der Waals surface area (Å²) >= 11 is 0. The predicted octanol–water partition coefficient (Wildman–Crippen LogP) is 5.14. The average molecular weight is 491 g/mol. The Kier molecular flexibility index (Phi) is 6.33. The monoisotopic (exact) mass is 491 g/mol.